The molecule has 4 nitrogen and oxygen atoms in total. The van der Waals surface area contributed by atoms with Gasteiger partial charge in [-0.25, -0.2) is 4.98 Å². The number of nitrogens with zero attached hydrogens (tertiary/aromatic N) is 2. The highest BCUT2D eigenvalue weighted by molar-refractivity contribution is 7.15. The van der Waals surface area contributed by atoms with Crippen molar-refractivity contribution in [2.75, 3.05) is 38.8 Å². The van der Waals surface area contributed by atoms with Crippen LogP contribution in [0.1, 0.15) is 43.2 Å². The van der Waals surface area contributed by atoms with Gasteiger partial charge < -0.3 is 15.0 Å². The van der Waals surface area contributed by atoms with Crippen LogP contribution >= 0.6 is 11.3 Å². The molecule has 5 heteroatoms. The number of hydrogen-bond donors (Lipinski definition) is 1. The van der Waals surface area contributed by atoms with Crippen molar-refractivity contribution in [3.8, 4) is 0 Å². The van der Waals surface area contributed by atoms with Crippen molar-refractivity contribution < 1.29 is 4.74 Å². The minimum atomic E-state index is 0.542. The molecule has 1 aliphatic rings. The van der Waals surface area contributed by atoms with Gasteiger partial charge in [0.15, 0.2) is 5.13 Å². The minimum Gasteiger partial charge on any atom is -0.384 e. The lowest BCUT2D eigenvalue weighted by Crippen LogP contribution is -2.20. The molecule has 114 valence electrons. The number of ether oxygens (including phenoxy) is 1. The summed E-state index contributed by atoms with van der Waals surface area (Å²) >= 11 is 1.86. The Bertz CT molecular complexity index is 421. The Hall–Kier alpha value is -0.650. The quantitative estimate of drug-likeness (QED) is 0.840. The maximum absolute atomic E-state index is 5.28. The van der Waals surface area contributed by atoms with Crippen LogP contribution in [0.3, 0.4) is 0 Å². The Kier molecular flexibility index (Phi) is 5.81. The molecule has 1 N–H and O–H groups in total. The van der Waals surface area contributed by atoms with E-state index in [1.165, 1.54) is 22.1 Å². The summed E-state index contributed by atoms with van der Waals surface area (Å²) < 4.78 is 5.28. The zero-order chi connectivity index (χ0) is 14.5. The van der Waals surface area contributed by atoms with Crippen LogP contribution in [0.25, 0.3) is 0 Å². The third-order valence-corrected chi connectivity index (χ3v) is 5.22. The predicted molar refractivity (Wildman–Crippen MR) is 85.8 cm³/mol. The van der Waals surface area contributed by atoms with E-state index in [1.54, 1.807) is 7.11 Å². The van der Waals surface area contributed by atoms with Crippen molar-refractivity contribution in [2.24, 2.45) is 5.92 Å². The number of anilines is 1. The second-order valence-corrected chi connectivity index (χ2v) is 6.76. The molecule has 0 aliphatic carbocycles. The van der Waals surface area contributed by atoms with E-state index < -0.39 is 0 Å². The largest absolute Gasteiger partial charge is 0.384 e. The van der Waals surface area contributed by atoms with E-state index in [2.05, 4.69) is 24.1 Å². The maximum atomic E-state index is 5.28. The van der Waals surface area contributed by atoms with Crippen LogP contribution in [0.5, 0.6) is 0 Å². The molecule has 1 aromatic rings. The summed E-state index contributed by atoms with van der Waals surface area (Å²) in [5.74, 6) is 1.20. The van der Waals surface area contributed by atoms with Crippen LogP contribution in [-0.2, 0) is 11.3 Å². The number of aromatic nitrogens is 1. The third kappa shape index (κ3) is 3.51. The molecule has 1 fully saturated rings. The predicted octanol–water partition coefficient (Wildman–Crippen LogP) is 2.85. The number of methoxy groups -OCH3 is 1. The van der Waals surface area contributed by atoms with Gasteiger partial charge in [-0.05, 0) is 25.8 Å². The van der Waals surface area contributed by atoms with Crippen molar-refractivity contribution >= 4 is 16.5 Å². The van der Waals surface area contributed by atoms with Crippen LogP contribution in [-0.4, -0.2) is 38.8 Å². The van der Waals surface area contributed by atoms with E-state index >= 15 is 0 Å². The lowest BCUT2D eigenvalue weighted by atomic mass is 10.0. The zero-order valence-electron chi connectivity index (χ0n) is 13.1. The Morgan fingerprint density at radius 1 is 1.55 bits per heavy atom. The first kappa shape index (κ1) is 15.7. The lowest BCUT2D eigenvalue weighted by molar-refractivity contribution is 0.161. The van der Waals surface area contributed by atoms with Gasteiger partial charge in [0.2, 0.25) is 0 Å². The third-order valence-electron chi connectivity index (χ3n) is 4.09. The van der Waals surface area contributed by atoms with Gasteiger partial charge in [0.05, 0.1) is 12.3 Å². The van der Waals surface area contributed by atoms with Crippen molar-refractivity contribution in [2.45, 2.75) is 39.2 Å². The first-order valence-corrected chi connectivity index (χ1v) is 8.39. The summed E-state index contributed by atoms with van der Waals surface area (Å²) in [5, 5.41) is 4.47. The summed E-state index contributed by atoms with van der Waals surface area (Å²) in [6, 6.07) is 0. The Morgan fingerprint density at radius 3 is 3.00 bits per heavy atom. The maximum Gasteiger partial charge on any atom is 0.185 e. The normalized spacial score (nSPS) is 20.6. The van der Waals surface area contributed by atoms with Crippen LogP contribution in [0.2, 0.25) is 0 Å². The van der Waals surface area contributed by atoms with Crippen molar-refractivity contribution in [3.05, 3.63) is 10.6 Å². The fraction of sp³-hybridized carbons (Fsp3) is 0.800. The van der Waals surface area contributed by atoms with Gasteiger partial charge in [-0.2, -0.15) is 0 Å². The first-order chi connectivity index (χ1) is 9.69. The van der Waals surface area contributed by atoms with E-state index in [-0.39, 0.29) is 0 Å². The molecule has 1 aliphatic heterocycles. The Morgan fingerprint density at radius 2 is 2.35 bits per heavy atom. The molecule has 0 bridgehead atoms. The topological polar surface area (TPSA) is 37.4 Å². The van der Waals surface area contributed by atoms with Crippen LogP contribution in [0.15, 0.2) is 0 Å². The van der Waals surface area contributed by atoms with Crippen molar-refractivity contribution in [1.29, 1.82) is 0 Å². The molecule has 0 spiro atoms. The molecule has 0 amide bonds. The second kappa shape index (κ2) is 7.38. The molecule has 2 heterocycles. The van der Waals surface area contributed by atoms with Gasteiger partial charge in [0.25, 0.3) is 0 Å². The average Bonchev–Trinajstić information content (AvgIpc) is 3.06. The lowest BCUT2D eigenvalue weighted by Gasteiger charge is -2.14. The molecule has 0 saturated carbocycles. The van der Waals surface area contributed by atoms with Gasteiger partial charge in [0, 0.05) is 37.5 Å². The van der Waals surface area contributed by atoms with Gasteiger partial charge >= 0.3 is 0 Å². The van der Waals surface area contributed by atoms with Gasteiger partial charge in [-0.15, -0.1) is 11.3 Å². The first-order valence-electron chi connectivity index (χ1n) is 7.57. The Labute approximate surface area is 126 Å². The molecule has 0 radical (unpaired) electrons. The van der Waals surface area contributed by atoms with Crippen LogP contribution in [0, 0.1) is 5.92 Å². The minimum absolute atomic E-state index is 0.542. The smallest absolute Gasteiger partial charge is 0.185 e. The van der Waals surface area contributed by atoms with Crippen LogP contribution in [0.4, 0.5) is 5.13 Å². The van der Waals surface area contributed by atoms with E-state index in [0.29, 0.717) is 11.8 Å². The summed E-state index contributed by atoms with van der Waals surface area (Å²) in [4.78, 5) is 8.77. The molecular formula is C15H27N3OS. The second-order valence-electron chi connectivity index (χ2n) is 5.70. The monoisotopic (exact) mass is 297 g/mol. The zero-order valence-corrected chi connectivity index (χ0v) is 13.9. The van der Waals surface area contributed by atoms with E-state index in [0.717, 1.165) is 32.7 Å². The highest BCUT2D eigenvalue weighted by Crippen LogP contribution is 2.34. The molecule has 2 unspecified atom stereocenters. The fourth-order valence-electron chi connectivity index (χ4n) is 2.73. The molecule has 1 aromatic heterocycles. The van der Waals surface area contributed by atoms with Crippen molar-refractivity contribution in [3.63, 3.8) is 0 Å². The molecule has 1 saturated heterocycles. The molecular weight excluding hydrogens is 270 g/mol. The van der Waals surface area contributed by atoms with Gasteiger partial charge in [-0.1, -0.05) is 13.8 Å². The van der Waals surface area contributed by atoms with E-state index in [4.69, 9.17) is 9.72 Å². The number of nitrogens with one attached hydrogen (secondary N) is 1. The Balaban J connectivity index is 2.12. The summed E-state index contributed by atoms with van der Waals surface area (Å²) in [6.07, 6.45) is 2.36. The molecule has 2 rings (SSSR count). The van der Waals surface area contributed by atoms with E-state index in [9.17, 15) is 0 Å². The molecule has 2 atom stereocenters. The summed E-state index contributed by atoms with van der Waals surface area (Å²) in [6.45, 7) is 8.49. The molecule has 20 heavy (non-hydrogen) atoms. The number of hydrogen-bond acceptors (Lipinski definition) is 5. The van der Waals surface area contributed by atoms with Crippen LogP contribution < -0.4 is 10.2 Å². The van der Waals surface area contributed by atoms with Gasteiger partial charge in [-0.3, -0.25) is 0 Å². The van der Waals surface area contributed by atoms with Gasteiger partial charge in [0.1, 0.15) is 0 Å². The highest BCUT2D eigenvalue weighted by Gasteiger charge is 2.26. The number of thiazole rings is 1. The summed E-state index contributed by atoms with van der Waals surface area (Å²) in [5.41, 5.74) is 1.29. The van der Waals surface area contributed by atoms with E-state index in [1.807, 2.05) is 18.4 Å². The fourth-order valence-corrected chi connectivity index (χ4v) is 3.96. The number of rotatable bonds is 7. The molecule has 0 aromatic carbocycles. The SMILES string of the molecule is CCC(C)c1nc(N2CCC(COC)C2)sc1CNC. The summed E-state index contributed by atoms with van der Waals surface area (Å²) in [7, 11) is 3.79. The highest BCUT2D eigenvalue weighted by atomic mass is 32.1. The average molecular weight is 297 g/mol. The van der Waals surface area contributed by atoms with Crippen molar-refractivity contribution in [1.82, 2.24) is 10.3 Å². The standard InChI is InChI=1S/C15H27N3OS/c1-5-11(2)14-13(8-16-3)20-15(17-14)18-7-6-12(9-18)10-19-4/h11-12,16H,5-10H2,1-4H3.